The topological polar surface area (TPSA) is 136 Å². The number of nitrogens with zero attached hydrogens (tertiary/aromatic N) is 5. The standard InChI is InChI=1S/C21H19F3N8O2/c1-10(13-4-2-3-5-14(13)21(22,23)24)26-18-29-16-11(8-15-17(33)30-20(34)28-15)9-25-32(16)19(31-18)27-12-6-7-12/h2-5,8-10,12,33H,6-7H2,1H3,(H,26,27,31)(H2,28,30,34)/b11-8+/t10-/m1/s1. The van der Waals surface area contributed by atoms with Gasteiger partial charge in [0.15, 0.2) is 5.65 Å². The van der Waals surface area contributed by atoms with E-state index in [2.05, 4.69) is 35.3 Å². The summed E-state index contributed by atoms with van der Waals surface area (Å²) in [6.07, 6.45) is 0.236. The third-order valence-corrected chi connectivity index (χ3v) is 5.34. The first-order valence-corrected chi connectivity index (χ1v) is 10.4. The number of H-pyrrole nitrogens is 2. The number of fused-ring (bicyclic) bond motifs is 1. The van der Waals surface area contributed by atoms with E-state index >= 15 is 0 Å². The van der Waals surface area contributed by atoms with Crippen LogP contribution in [0.3, 0.4) is 0 Å². The van der Waals surface area contributed by atoms with Crippen molar-refractivity contribution in [2.75, 3.05) is 5.32 Å². The van der Waals surface area contributed by atoms with E-state index in [0.717, 1.165) is 18.9 Å². The second-order valence-corrected chi connectivity index (χ2v) is 7.98. The summed E-state index contributed by atoms with van der Waals surface area (Å²) < 4.78 is 41.9. The van der Waals surface area contributed by atoms with Gasteiger partial charge in [-0.05, 0) is 37.5 Å². The van der Waals surface area contributed by atoms with Crippen LogP contribution in [0.5, 0.6) is 5.88 Å². The maximum absolute atomic E-state index is 13.5. The summed E-state index contributed by atoms with van der Waals surface area (Å²) in [7, 11) is 0. The molecule has 5 rings (SSSR count). The van der Waals surface area contributed by atoms with E-state index in [9.17, 15) is 23.1 Å². The van der Waals surface area contributed by atoms with Crippen molar-refractivity contribution in [1.82, 2.24) is 29.5 Å². The maximum atomic E-state index is 13.5. The lowest BCUT2D eigenvalue weighted by atomic mass is 10.0. The van der Waals surface area contributed by atoms with Crippen LogP contribution in [0.15, 0.2) is 40.2 Å². The number of hydrogen-bond donors (Lipinski definition) is 4. The third-order valence-electron chi connectivity index (χ3n) is 5.34. The number of benzene rings is 1. The molecule has 1 atom stereocenters. The van der Waals surface area contributed by atoms with Gasteiger partial charge in [-0.1, -0.05) is 18.2 Å². The van der Waals surface area contributed by atoms with E-state index in [1.54, 1.807) is 6.92 Å². The second kappa shape index (κ2) is 8.01. The van der Waals surface area contributed by atoms with Crippen molar-refractivity contribution < 1.29 is 18.3 Å². The Bertz CT molecular complexity index is 1550. The Balaban J connectivity index is 1.61. The van der Waals surface area contributed by atoms with E-state index in [0.29, 0.717) is 10.9 Å². The van der Waals surface area contributed by atoms with Gasteiger partial charge < -0.3 is 15.4 Å². The van der Waals surface area contributed by atoms with Crippen molar-refractivity contribution in [1.29, 1.82) is 0 Å². The Morgan fingerprint density at radius 2 is 2.03 bits per heavy atom. The zero-order valence-electron chi connectivity index (χ0n) is 17.8. The molecular formula is C21H19F3N8O2. The lowest BCUT2D eigenvalue weighted by molar-refractivity contribution is -0.138. The molecule has 1 aromatic carbocycles. The van der Waals surface area contributed by atoms with Crippen molar-refractivity contribution in [2.24, 2.45) is 4.99 Å². The van der Waals surface area contributed by atoms with Crippen LogP contribution in [0.25, 0.3) is 11.7 Å². The lowest BCUT2D eigenvalue weighted by Crippen LogP contribution is -2.26. The Morgan fingerprint density at radius 3 is 2.71 bits per heavy atom. The second-order valence-electron chi connectivity index (χ2n) is 7.98. The molecule has 10 nitrogen and oxygen atoms in total. The minimum Gasteiger partial charge on any atom is -0.493 e. The molecule has 3 heterocycles. The van der Waals surface area contributed by atoms with Crippen LogP contribution >= 0.6 is 0 Å². The van der Waals surface area contributed by atoms with Gasteiger partial charge in [0.1, 0.15) is 5.69 Å². The fourth-order valence-electron chi connectivity index (χ4n) is 3.55. The number of halogens is 3. The van der Waals surface area contributed by atoms with Gasteiger partial charge in [-0.25, -0.2) is 9.79 Å². The van der Waals surface area contributed by atoms with Gasteiger partial charge in [0.2, 0.25) is 11.8 Å². The molecule has 0 saturated heterocycles. The molecule has 3 aromatic heterocycles. The van der Waals surface area contributed by atoms with E-state index in [1.807, 2.05) is 0 Å². The molecular weight excluding hydrogens is 453 g/mol. The summed E-state index contributed by atoms with van der Waals surface area (Å²) in [6.45, 7) is 1.59. The van der Waals surface area contributed by atoms with Gasteiger partial charge in [-0.3, -0.25) is 4.98 Å². The smallest absolute Gasteiger partial charge is 0.416 e. The molecule has 34 heavy (non-hydrogen) atoms. The predicted octanol–water partition coefficient (Wildman–Crippen LogP) is 1.65. The van der Waals surface area contributed by atoms with Crippen molar-refractivity contribution in [3.63, 3.8) is 0 Å². The Morgan fingerprint density at radius 1 is 1.26 bits per heavy atom. The van der Waals surface area contributed by atoms with Crippen molar-refractivity contribution in [2.45, 2.75) is 38.0 Å². The number of imidazole rings is 1. The van der Waals surface area contributed by atoms with E-state index < -0.39 is 23.5 Å². The molecule has 0 bridgehead atoms. The lowest BCUT2D eigenvalue weighted by Gasteiger charge is -2.19. The van der Waals surface area contributed by atoms with Crippen LogP contribution < -0.4 is 21.8 Å². The quantitative estimate of drug-likeness (QED) is 0.349. The van der Waals surface area contributed by atoms with Crippen LogP contribution in [0.1, 0.15) is 42.6 Å². The van der Waals surface area contributed by atoms with Crippen LogP contribution in [0.2, 0.25) is 0 Å². The van der Waals surface area contributed by atoms with Crippen LogP contribution in [0.4, 0.5) is 19.1 Å². The van der Waals surface area contributed by atoms with Crippen LogP contribution in [0, 0.1) is 0 Å². The highest BCUT2D eigenvalue weighted by Crippen LogP contribution is 2.35. The minimum atomic E-state index is -4.51. The minimum absolute atomic E-state index is 0.0502. The van der Waals surface area contributed by atoms with Gasteiger partial charge >= 0.3 is 11.9 Å². The van der Waals surface area contributed by atoms with Gasteiger partial charge in [0, 0.05) is 5.22 Å². The van der Waals surface area contributed by atoms with Gasteiger partial charge in [0.25, 0.3) is 5.62 Å². The van der Waals surface area contributed by atoms with Crippen LogP contribution in [-0.4, -0.2) is 40.7 Å². The molecule has 4 aromatic rings. The zero-order valence-corrected chi connectivity index (χ0v) is 17.8. The molecule has 13 heteroatoms. The first kappa shape index (κ1) is 21.7. The Kier molecular flexibility index (Phi) is 5.10. The predicted molar refractivity (Wildman–Crippen MR) is 115 cm³/mol. The Labute approximate surface area is 188 Å². The molecule has 0 unspecified atom stereocenters. The highest BCUT2D eigenvalue weighted by Gasteiger charge is 2.34. The van der Waals surface area contributed by atoms with E-state index in [4.69, 9.17) is 0 Å². The molecule has 4 N–H and O–H groups in total. The Hall–Kier alpha value is -4.16. The molecule has 1 saturated carbocycles. The molecule has 0 amide bonds. The summed E-state index contributed by atoms with van der Waals surface area (Å²) in [5, 5.41) is 17.5. The van der Waals surface area contributed by atoms with E-state index in [1.165, 1.54) is 35.0 Å². The third kappa shape index (κ3) is 4.23. The average molecular weight is 472 g/mol. The highest BCUT2D eigenvalue weighted by molar-refractivity contribution is 5.57. The number of hydrogen-bond acceptors (Lipinski definition) is 7. The summed E-state index contributed by atoms with van der Waals surface area (Å²) in [4.78, 5) is 29.5. The van der Waals surface area contributed by atoms with Crippen LogP contribution in [-0.2, 0) is 6.18 Å². The normalized spacial score (nSPS) is 16.4. The molecule has 176 valence electrons. The first-order valence-electron chi connectivity index (χ1n) is 10.4. The van der Waals surface area contributed by atoms with Crippen molar-refractivity contribution in [3.05, 3.63) is 68.6 Å². The number of nitrogens with one attached hydrogen (secondary N) is 3. The highest BCUT2D eigenvalue weighted by atomic mass is 19.4. The number of aromatic nitrogens is 6. The molecule has 1 fully saturated rings. The molecule has 1 aliphatic carbocycles. The zero-order chi connectivity index (χ0) is 24.0. The number of anilines is 1. The average Bonchev–Trinajstić information content (AvgIpc) is 3.41. The molecule has 1 aliphatic rings. The maximum Gasteiger partial charge on any atom is 0.416 e. The summed E-state index contributed by atoms with van der Waals surface area (Å²) in [5.74, 6) is -0.282. The number of aromatic amines is 2. The molecule has 0 radical (unpaired) electrons. The number of aromatic hydroxyl groups is 1. The number of alkyl halides is 3. The largest absolute Gasteiger partial charge is 0.493 e. The monoisotopic (exact) mass is 472 g/mol. The summed E-state index contributed by atoms with van der Waals surface area (Å²) >= 11 is 0. The number of rotatable bonds is 5. The summed E-state index contributed by atoms with van der Waals surface area (Å²) in [6, 6.07) is 4.63. The van der Waals surface area contributed by atoms with Crippen molar-refractivity contribution in [3.8, 4) is 5.88 Å². The van der Waals surface area contributed by atoms with Crippen molar-refractivity contribution >= 4 is 17.7 Å². The fourth-order valence-corrected chi connectivity index (χ4v) is 3.55. The first-order chi connectivity index (χ1) is 16.2. The van der Waals surface area contributed by atoms with E-state index in [-0.39, 0.29) is 34.7 Å². The SMILES string of the molecule is C[C@@H](Nc1nc(=NC2CC2)n2nc/c(=C\c3[nH]c(=O)[nH]c3O)c2n1)c1ccccc1C(F)(F)F. The fraction of sp³-hybridized carbons (Fsp3) is 0.286. The summed E-state index contributed by atoms with van der Waals surface area (Å²) in [5.41, 5.74) is -0.606. The van der Waals surface area contributed by atoms with Gasteiger partial charge in [-0.2, -0.15) is 32.8 Å². The van der Waals surface area contributed by atoms with Gasteiger partial charge in [0.05, 0.1) is 23.8 Å². The molecule has 0 spiro atoms. The van der Waals surface area contributed by atoms with Gasteiger partial charge in [-0.15, -0.1) is 0 Å². The molecule has 0 aliphatic heterocycles.